The Hall–Kier alpha value is -1.63. The van der Waals surface area contributed by atoms with Gasteiger partial charge >= 0.3 is 16.6 Å². The maximum absolute atomic E-state index is 10.6. The van der Waals surface area contributed by atoms with Crippen LogP contribution in [-0.2, 0) is 23.7 Å². The Bertz CT molecular complexity index is 323. The Morgan fingerprint density at radius 1 is 1.50 bits per heavy atom. The largest absolute Gasteiger partial charge is 0.545 e. The third-order valence-corrected chi connectivity index (χ3v) is 1.30. The number of rotatable bonds is 3. The molecule has 0 fully saturated rings. The molecule has 6 N–H and O–H groups in total. The van der Waals surface area contributed by atoms with Crippen LogP contribution < -0.4 is 11.6 Å². The average molecular weight is 230 g/mol. The van der Waals surface area contributed by atoms with Crippen LogP contribution in [0.2, 0.25) is 0 Å². The van der Waals surface area contributed by atoms with E-state index in [1.807, 2.05) is 0 Å². The van der Waals surface area contributed by atoms with Crippen LogP contribution in [0.15, 0.2) is 0 Å². The first kappa shape index (κ1) is 12.4. The molecule has 0 aliphatic carbocycles. The Morgan fingerprint density at radius 3 is 2.36 bits per heavy atom. The van der Waals surface area contributed by atoms with Crippen LogP contribution in [-0.4, -0.2) is 31.0 Å². The molecule has 0 amide bonds. The van der Waals surface area contributed by atoms with Crippen molar-refractivity contribution in [3.8, 4) is 0 Å². The summed E-state index contributed by atoms with van der Waals surface area (Å²) in [6.45, 7) is 0. The first-order valence-corrected chi connectivity index (χ1v) is 3.99. The molecule has 14 heavy (non-hydrogen) atoms. The Morgan fingerprint density at radius 2 is 2.00 bits per heavy atom. The molecule has 0 aromatic rings. The molecule has 0 bridgehead atoms. The summed E-state index contributed by atoms with van der Waals surface area (Å²) in [4.78, 5) is 13.5. The molecule has 0 spiro atoms. The average Bonchev–Trinajstić information content (AvgIpc) is 2.02. The number of carbonyl (C=O) groups is 1. The van der Waals surface area contributed by atoms with Crippen molar-refractivity contribution in [3.63, 3.8) is 0 Å². The fourth-order valence-electron chi connectivity index (χ4n) is 0.245. The van der Waals surface area contributed by atoms with Gasteiger partial charge in [-0.3, -0.25) is 14.8 Å². The summed E-state index contributed by atoms with van der Waals surface area (Å²) >= 11 is 0. The molecule has 0 unspecified atom stereocenters. The van der Waals surface area contributed by atoms with E-state index in [-0.39, 0.29) is 0 Å². The summed E-state index contributed by atoms with van der Waals surface area (Å²) < 4.78 is 28.0. The lowest BCUT2D eigenvalue weighted by Gasteiger charge is -2.11. The van der Waals surface area contributed by atoms with E-state index >= 15 is 0 Å². The second-order valence-electron chi connectivity index (χ2n) is 1.59. The van der Waals surface area contributed by atoms with Gasteiger partial charge in [0.2, 0.25) is 5.96 Å². The highest BCUT2D eigenvalue weighted by Gasteiger charge is 2.24. The smallest absolute Gasteiger partial charge is 0.366 e. The molecular formula is C2H6N4O7S. The fourth-order valence-corrected chi connectivity index (χ4v) is 0.734. The summed E-state index contributed by atoms with van der Waals surface area (Å²) in [5, 5.41) is 14.3. The predicted molar refractivity (Wildman–Crippen MR) is 37.3 cm³/mol. The van der Waals surface area contributed by atoms with Crippen LogP contribution in [0.5, 0.6) is 0 Å². The Kier molecular flexibility index (Phi) is 4.03. The van der Waals surface area contributed by atoms with Crippen LogP contribution in [0.4, 0.5) is 4.79 Å². The van der Waals surface area contributed by atoms with E-state index < -0.39 is 27.7 Å². The monoisotopic (exact) mass is 230 g/mol. The van der Waals surface area contributed by atoms with Crippen molar-refractivity contribution in [2.24, 2.45) is 11.6 Å². The molecule has 11 nitrogen and oxygen atoms in total. The molecule has 0 aliphatic heterocycles. The Labute approximate surface area is 77.4 Å². The number of hydroxylamine groups is 2. The van der Waals surface area contributed by atoms with Crippen molar-refractivity contribution < 1.29 is 31.7 Å². The lowest BCUT2D eigenvalue weighted by Crippen LogP contribution is -2.36. The first-order valence-electron chi connectivity index (χ1n) is 2.66. The number of nitrogens with one attached hydrogen (secondary N) is 1. The van der Waals surface area contributed by atoms with Gasteiger partial charge in [0.1, 0.15) is 0 Å². The zero-order chi connectivity index (χ0) is 11.4. The Balaban J connectivity index is 4.36. The molecule has 0 aromatic carbocycles. The van der Waals surface area contributed by atoms with Crippen LogP contribution in [0.1, 0.15) is 0 Å². The van der Waals surface area contributed by atoms with Crippen LogP contribution >= 0.6 is 0 Å². The highest BCUT2D eigenvalue weighted by molar-refractivity contribution is 7.82. The van der Waals surface area contributed by atoms with E-state index in [1.54, 1.807) is 0 Å². The van der Waals surface area contributed by atoms with Crippen LogP contribution in [0, 0.1) is 5.41 Å². The van der Waals surface area contributed by atoms with Crippen molar-refractivity contribution in [1.29, 1.82) is 5.41 Å². The van der Waals surface area contributed by atoms with Crippen LogP contribution in [0.25, 0.3) is 0 Å². The van der Waals surface area contributed by atoms with Gasteiger partial charge in [-0.2, -0.15) is 14.3 Å². The molecule has 0 saturated heterocycles. The van der Waals surface area contributed by atoms with Crippen molar-refractivity contribution in [1.82, 2.24) is 5.23 Å². The first-order chi connectivity index (χ1) is 6.28. The highest BCUT2D eigenvalue weighted by Crippen LogP contribution is 1.99. The minimum atomic E-state index is -4.94. The third kappa shape index (κ3) is 4.41. The maximum Gasteiger partial charge on any atom is 0.545 e. The number of nitrogens with zero attached hydrogens (tertiary/aromatic N) is 1. The van der Waals surface area contributed by atoms with Crippen molar-refractivity contribution in [3.05, 3.63) is 0 Å². The van der Waals surface area contributed by atoms with E-state index in [9.17, 15) is 13.2 Å². The van der Waals surface area contributed by atoms with E-state index in [0.29, 0.717) is 0 Å². The zero-order valence-corrected chi connectivity index (χ0v) is 7.22. The zero-order valence-electron chi connectivity index (χ0n) is 6.41. The second kappa shape index (κ2) is 4.56. The van der Waals surface area contributed by atoms with Gasteiger partial charge in [0.05, 0.1) is 0 Å². The third-order valence-electron chi connectivity index (χ3n) is 0.634. The summed E-state index contributed by atoms with van der Waals surface area (Å²) in [6.07, 6.45) is -1.79. The topological polar surface area (TPSA) is 178 Å². The predicted octanol–water partition coefficient (Wildman–Crippen LogP) is -2.23. The SMILES string of the molecule is N=C(N)N(O)OS(=O)(=O)OC(=O)ON. The lowest BCUT2D eigenvalue weighted by molar-refractivity contribution is -0.221. The van der Waals surface area contributed by atoms with Gasteiger partial charge in [0.25, 0.3) is 0 Å². The summed E-state index contributed by atoms with van der Waals surface area (Å²) in [6, 6.07) is 0. The molecule has 0 rings (SSSR count). The second-order valence-corrected chi connectivity index (χ2v) is 2.72. The number of hydrogen-bond acceptors (Lipinski definition) is 9. The summed E-state index contributed by atoms with van der Waals surface area (Å²) in [7, 11) is -4.94. The van der Waals surface area contributed by atoms with E-state index in [1.165, 1.54) is 0 Å². The van der Waals surface area contributed by atoms with E-state index in [4.69, 9.17) is 10.6 Å². The molecule has 0 aromatic heterocycles. The molecule has 0 saturated carbocycles. The summed E-state index contributed by atoms with van der Waals surface area (Å²) in [5.74, 6) is 3.08. The van der Waals surface area contributed by atoms with Gasteiger partial charge in [-0.1, -0.05) is 9.51 Å². The molecule has 0 heterocycles. The van der Waals surface area contributed by atoms with Gasteiger partial charge in [0, 0.05) is 0 Å². The van der Waals surface area contributed by atoms with Gasteiger partial charge in [0.15, 0.2) is 0 Å². The van der Waals surface area contributed by atoms with Gasteiger partial charge in [-0.25, -0.2) is 4.79 Å². The summed E-state index contributed by atoms with van der Waals surface area (Å²) in [5.41, 5.74) is 4.58. The van der Waals surface area contributed by atoms with Gasteiger partial charge in [-0.15, -0.1) is 0 Å². The molecule has 12 heteroatoms. The van der Waals surface area contributed by atoms with Crippen molar-refractivity contribution >= 4 is 22.5 Å². The minimum absolute atomic E-state index is 0.654. The quantitative estimate of drug-likeness (QED) is 0.235. The fraction of sp³-hybridized carbons (Fsp3) is 0. The lowest BCUT2D eigenvalue weighted by atomic mass is 11.1. The number of guanidine groups is 1. The number of nitrogens with two attached hydrogens (primary N) is 2. The normalized spacial score (nSPS) is 10.4. The van der Waals surface area contributed by atoms with E-state index in [0.717, 1.165) is 0 Å². The molecule has 82 valence electrons. The standard InChI is InChI=1S/C2H6N4O7S/c3-1(4)6(8)13-14(9,10)12-2(7)11-5/h8H,5H2,(H3,3,4). The van der Waals surface area contributed by atoms with Gasteiger partial charge in [-0.05, 0) is 0 Å². The van der Waals surface area contributed by atoms with Crippen LogP contribution in [0.3, 0.4) is 0 Å². The number of hydrogen-bond donors (Lipinski definition) is 4. The van der Waals surface area contributed by atoms with Crippen molar-refractivity contribution in [2.45, 2.75) is 0 Å². The molecule has 0 atom stereocenters. The molecule has 0 aliphatic rings. The highest BCUT2D eigenvalue weighted by atomic mass is 32.3. The van der Waals surface area contributed by atoms with E-state index in [2.05, 4.69) is 24.9 Å². The molecular weight excluding hydrogens is 224 g/mol. The minimum Gasteiger partial charge on any atom is -0.366 e. The number of carbonyl (C=O) groups excluding carboxylic acids is 1. The van der Waals surface area contributed by atoms with Gasteiger partial charge < -0.3 is 10.6 Å². The molecule has 0 radical (unpaired) electrons. The maximum atomic E-state index is 10.6. The van der Waals surface area contributed by atoms with Crippen molar-refractivity contribution in [2.75, 3.05) is 0 Å².